The molecule has 1 aromatic rings. The topological polar surface area (TPSA) is 37.3 Å². The summed E-state index contributed by atoms with van der Waals surface area (Å²) in [5.74, 6) is -0.383. The van der Waals surface area contributed by atoms with Crippen molar-refractivity contribution in [1.82, 2.24) is 0 Å². The maximum absolute atomic E-state index is 11.1. The minimum atomic E-state index is -0.720. The Morgan fingerprint density at radius 1 is 1.22 bits per heavy atom. The van der Waals surface area contributed by atoms with Crippen LogP contribution in [0, 0.1) is 0 Å². The molecule has 1 N–H and O–H groups in total. The molecule has 1 fully saturated rings. The van der Waals surface area contributed by atoms with E-state index in [1.165, 1.54) is 37.7 Å². The van der Waals surface area contributed by atoms with Crippen LogP contribution >= 0.6 is 0 Å². The Kier molecular flexibility index (Phi) is 4.40. The molecule has 18 heavy (non-hydrogen) atoms. The second-order valence-electron chi connectivity index (χ2n) is 5.30. The van der Waals surface area contributed by atoms with Crippen LogP contribution < -0.4 is 0 Å². The van der Waals surface area contributed by atoms with Gasteiger partial charge in [-0.2, -0.15) is 0 Å². The third-order valence-corrected chi connectivity index (χ3v) is 4.12. The summed E-state index contributed by atoms with van der Waals surface area (Å²) in [7, 11) is 0. The summed E-state index contributed by atoms with van der Waals surface area (Å²) in [5.41, 5.74) is 2.32. The number of rotatable bonds is 4. The highest BCUT2D eigenvalue weighted by atomic mass is 16.4. The fraction of sp³-hybridized carbons (Fsp3) is 0.562. The van der Waals surface area contributed by atoms with Gasteiger partial charge < -0.3 is 5.11 Å². The number of aliphatic carboxylic acids is 1. The molecule has 0 bridgehead atoms. The molecule has 1 aliphatic carbocycles. The fourth-order valence-electron chi connectivity index (χ4n) is 2.99. The van der Waals surface area contributed by atoms with E-state index >= 15 is 0 Å². The average molecular weight is 246 g/mol. The Balaban J connectivity index is 2.11. The lowest BCUT2D eigenvalue weighted by Gasteiger charge is -2.22. The van der Waals surface area contributed by atoms with Gasteiger partial charge in [0.25, 0.3) is 0 Å². The molecule has 0 saturated heterocycles. The summed E-state index contributed by atoms with van der Waals surface area (Å²) in [6.07, 6.45) is 7.26. The van der Waals surface area contributed by atoms with E-state index in [-0.39, 0.29) is 5.92 Å². The summed E-state index contributed by atoms with van der Waals surface area (Å²) < 4.78 is 0. The van der Waals surface area contributed by atoms with E-state index < -0.39 is 5.97 Å². The summed E-state index contributed by atoms with van der Waals surface area (Å²) in [4.78, 5) is 11.1. The van der Waals surface area contributed by atoms with Crippen molar-refractivity contribution >= 4 is 5.97 Å². The van der Waals surface area contributed by atoms with Crippen LogP contribution in [0.25, 0.3) is 0 Å². The highest BCUT2D eigenvalue weighted by Gasteiger charge is 2.19. The van der Waals surface area contributed by atoms with E-state index in [1.807, 2.05) is 19.1 Å². The number of carbonyl (C=O) groups is 1. The zero-order valence-corrected chi connectivity index (χ0v) is 11.1. The van der Waals surface area contributed by atoms with Crippen LogP contribution in [0.1, 0.15) is 68.4 Å². The van der Waals surface area contributed by atoms with Crippen LogP contribution in [0.2, 0.25) is 0 Å². The first-order valence-electron chi connectivity index (χ1n) is 7.05. The summed E-state index contributed by atoms with van der Waals surface area (Å²) in [6.45, 7) is 1.92. The van der Waals surface area contributed by atoms with Gasteiger partial charge >= 0.3 is 5.97 Å². The molecule has 0 unspecified atom stereocenters. The van der Waals surface area contributed by atoms with Gasteiger partial charge in [-0.05, 0) is 36.3 Å². The van der Waals surface area contributed by atoms with Gasteiger partial charge in [0, 0.05) is 0 Å². The predicted molar refractivity (Wildman–Crippen MR) is 72.9 cm³/mol. The van der Waals surface area contributed by atoms with Gasteiger partial charge in [-0.25, -0.2) is 0 Å². The van der Waals surface area contributed by atoms with Gasteiger partial charge in [0.15, 0.2) is 0 Å². The Labute approximate surface area is 109 Å². The van der Waals surface area contributed by atoms with E-state index in [9.17, 15) is 4.79 Å². The average Bonchev–Trinajstić information content (AvgIpc) is 2.41. The molecular weight excluding hydrogens is 224 g/mol. The standard InChI is InChI=1S/C16H22O2/c1-2-15(16(17)18)14-10-8-13(9-11-14)12-6-4-3-5-7-12/h8-12,15H,2-7H2,1H3,(H,17,18)/t15-/m0/s1. The molecule has 1 saturated carbocycles. The lowest BCUT2D eigenvalue weighted by atomic mass is 9.83. The second kappa shape index (κ2) is 6.03. The van der Waals surface area contributed by atoms with E-state index in [2.05, 4.69) is 12.1 Å². The molecule has 0 amide bonds. The molecular formula is C16H22O2. The zero-order chi connectivity index (χ0) is 13.0. The van der Waals surface area contributed by atoms with Crippen LogP contribution in [0.5, 0.6) is 0 Å². The van der Waals surface area contributed by atoms with Gasteiger partial charge in [-0.15, -0.1) is 0 Å². The van der Waals surface area contributed by atoms with Crippen LogP contribution in [0.4, 0.5) is 0 Å². The quantitative estimate of drug-likeness (QED) is 0.859. The molecule has 0 heterocycles. The Morgan fingerprint density at radius 3 is 2.33 bits per heavy atom. The van der Waals surface area contributed by atoms with Crippen LogP contribution in [-0.2, 0) is 4.79 Å². The maximum Gasteiger partial charge on any atom is 0.310 e. The molecule has 0 aliphatic heterocycles. The van der Waals surface area contributed by atoms with E-state index in [0.29, 0.717) is 12.3 Å². The van der Waals surface area contributed by atoms with Crippen molar-refractivity contribution in [1.29, 1.82) is 0 Å². The Bertz CT molecular complexity index is 388. The molecule has 0 radical (unpaired) electrons. The molecule has 2 rings (SSSR count). The predicted octanol–water partition coefficient (Wildman–Crippen LogP) is 4.31. The molecule has 2 nitrogen and oxygen atoms in total. The van der Waals surface area contributed by atoms with Crippen molar-refractivity contribution in [3.63, 3.8) is 0 Å². The van der Waals surface area contributed by atoms with Crippen LogP contribution in [0.15, 0.2) is 24.3 Å². The Morgan fingerprint density at radius 2 is 1.83 bits per heavy atom. The number of benzene rings is 1. The first kappa shape index (κ1) is 13.1. The van der Waals surface area contributed by atoms with Gasteiger partial charge in [-0.1, -0.05) is 50.5 Å². The Hall–Kier alpha value is -1.31. The van der Waals surface area contributed by atoms with Gasteiger partial charge in [-0.3, -0.25) is 4.79 Å². The summed E-state index contributed by atoms with van der Waals surface area (Å²) in [6, 6.07) is 8.28. The number of hydrogen-bond acceptors (Lipinski definition) is 1. The first-order chi connectivity index (χ1) is 8.72. The van der Waals surface area contributed by atoms with Crippen LogP contribution in [-0.4, -0.2) is 11.1 Å². The van der Waals surface area contributed by atoms with Crippen molar-refractivity contribution < 1.29 is 9.90 Å². The molecule has 98 valence electrons. The minimum absolute atomic E-state index is 0.356. The molecule has 2 heteroatoms. The second-order valence-corrected chi connectivity index (χ2v) is 5.30. The molecule has 1 atom stereocenters. The van der Waals surface area contributed by atoms with Gasteiger partial charge in [0.1, 0.15) is 0 Å². The third kappa shape index (κ3) is 2.92. The maximum atomic E-state index is 11.1. The molecule has 1 aliphatic rings. The largest absolute Gasteiger partial charge is 0.481 e. The van der Waals surface area contributed by atoms with Crippen LogP contribution in [0.3, 0.4) is 0 Å². The van der Waals surface area contributed by atoms with E-state index in [4.69, 9.17) is 5.11 Å². The summed E-state index contributed by atoms with van der Waals surface area (Å²) >= 11 is 0. The zero-order valence-electron chi connectivity index (χ0n) is 11.1. The van der Waals surface area contributed by atoms with Crippen molar-refractivity contribution in [3.8, 4) is 0 Å². The lowest BCUT2D eigenvalue weighted by molar-refractivity contribution is -0.138. The normalized spacial score (nSPS) is 18.5. The van der Waals surface area contributed by atoms with E-state index in [1.54, 1.807) is 0 Å². The summed E-state index contributed by atoms with van der Waals surface area (Å²) in [5, 5.41) is 9.14. The van der Waals surface area contributed by atoms with Crippen molar-refractivity contribution in [2.24, 2.45) is 0 Å². The van der Waals surface area contributed by atoms with Crippen molar-refractivity contribution in [2.45, 2.75) is 57.3 Å². The van der Waals surface area contributed by atoms with Crippen molar-refractivity contribution in [2.75, 3.05) is 0 Å². The molecule has 0 aromatic heterocycles. The minimum Gasteiger partial charge on any atom is -0.481 e. The number of carboxylic acids is 1. The third-order valence-electron chi connectivity index (χ3n) is 4.12. The van der Waals surface area contributed by atoms with E-state index in [0.717, 1.165) is 5.56 Å². The number of hydrogen-bond donors (Lipinski definition) is 1. The fourth-order valence-corrected chi connectivity index (χ4v) is 2.99. The monoisotopic (exact) mass is 246 g/mol. The lowest BCUT2D eigenvalue weighted by Crippen LogP contribution is -2.11. The first-order valence-corrected chi connectivity index (χ1v) is 7.05. The highest BCUT2D eigenvalue weighted by Crippen LogP contribution is 2.33. The molecule has 0 spiro atoms. The molecule has 1 aromatic carbocycles. The van der Waals surface area contributed by atoms with Gasteiger partial charge in [0.2, 0.25) is 0 Å². The van der Waals surface area contributed by atoms with Crippen molar-refractivity contribution in [3.05, 3.63) is 35.4 Å². The highest BCUT2D eigenvalue weighted by molar-refractivity contribution is 5.75. The smallest absolute Gasteiger partial charge is 0.310 e. The van der Waals surface area contributed by atoms with Gasteiger partial charge in [0.05, 0.1) is 5.92 Å². The number of carboxylic acid groups (broad SMARTS) is 1. The SMILES string of the molecule is CC[C@H](C(=O)O)c1ccc(C2CCCCC2)cc1.